The zero-order valence-corrected chi connectivity index (χ0v) is 13.8. The molecule has 1 unspecified atom stereocenters. The number of hydrogen-bond donors (Lipinski definition) is 0. The summed E-state index contributed by atoms with van der Waals surface area (Å²) in [6.07, 6.45) is 1.27. The second-order valence-electron chi connectivity index (χ2n) is 6.14. The van der Waals surface area contributed by atoms with E-state index in [1.807, 2.05) is 25.6 Å². The monoisotopic (exact) mass is 264 g/mol. The summed E-state index contributed by atoms with van der Waals surface area (Å²) in [5, 5.41) is 0. The summed E-state index contributed by atoms with van der Waals surface area (Å²) in [6, 6.07) is 8.90. The number of thioether (sulfide) groups is 1. The fourth-order valence-corrected chi connectivity index (χ4v) is 3.96. The number of fused-ring (bicyclic) bond motifs is 1. The molecule has 1 aromatic carbocycles. The van der Waals surface area contributed by atoms with E-state index in [1.54, 1.807) is 0 Å². The van der Waals surface area contributed by atoms with Crippen LogP contribution in [0, 0.1) is 5.41 Å². The summed E-state index contributed by atoms with van der Waals surface area (Å²) in [4.78, 5) is 1.48. The Hall–Kier alpha value is -0.430. The van der Waals surface area contributed by atoms with E-state index in [2.05, 4.69) is 58.9 Å². The Morgan fingerprint density at radius 2 is 1.61 bits per heavy atom. The normalized spacial score (nSPS) is 24.3. The van der Waals surface area contributed by atoms with E-state index in [4.69, 9.17) is 0 Å². The Labute approximate surface area is 118 Å². The van der Waals surface area contributed by atoms with Gasteiger partial charge in [0.05, 0.1) is 0 Å². The van der Waals surface area contributed by atoms with E-state index in [-0.39, 0.29) is 0 Å². The number of hydrogen-bond acceptors (Lipinski definition) is 1. The molecular formula is C17H28S. The molecule has 1 atom stereocenters. The summed E-state index contributed by atoms with van der Waals surface area (Å²) in [5.74, 6) is 0.667. The van der Waals surface area contributed by atoms with E-state index < -0.39 is 0 Å². The summed E-state index contributed by atoms with van der Waals surface area (Å²) in [7, 11) is 0. The predicted octanol–water partition coefficient (Wildman–Crippen LogP) is 6.12. The maximum absolute atomic E-state index is 2.41. The maximum atomic E-state index is 2.41. The van der Waals surface area contributed by atoms with Crippen molar-refractivity contribution in [2.75, 3.05) is 0 Å². The first-order valence-corrected chi connectivity index (χ1v) is 7.93. The van der Waals surface area contributed by atoms with Crippen LogP contribution in [0.3, 0.4) is 0 Å². The Bertz CT molecular complexity index is 390. The molecule has 1 heterocycles. The molecule has 0 N–H and O–H groups in total. The second-order valence-corrected chi connectivity index (χ2v) is 7.80. The van der Waals surface area contributed by atoms with Crippen LogP contribution in [0.5, 0.6) is 0 Å². The number of benzene rings is 1. The van der Waals surface area contributed by atoms with Gasteiger partial charge in [0.1, 0.15) is 0 Å². The SMILES string of the molecule is CC.CC1CC(C)(C)C(C)(C)Sc2ccccc21. The zero-order chi connectivity index (χ0) is 14.0. The van der Waals surface area contributed by atoms with Crippen molar-refractivity contribution in [1.29, 1.82) is 0 Å². The van der Waals surface area contributed by atoms with Gasteiger partial charge in [-0.2, -0.15) is 0 Å². The Balaban J connectivity index is 0.000000771. The summed E-state index contributed by atoms with van der Waals surface area (Å²) >= 11 is 2.05. The molecule has 2 rings (SSSR count). The van der Waals surface area contributed by atoms with Crippen molar-refractivity contribution < 1.29 is 0 Å². The fourth-order valence-electron chi connectivity index (χ4n) is 2.51. The van der Waals surface area contributed by atoms with E-state index in [9.17, 15) is 0 Å². The summed E-state index contributed by atoms with van der Waals surface area (Å²) in [5.41, 5.74) is 1.90. The molecule has 1 aromatic rings. The summed E-state index contributed by atoms with van der Waals surface area (Å²) in [6.45, 7) is 15.9. The third kappa shape index (κ3) is 2.93. The molecule has 0 aromatic heterocycles. The zero-order valence-electron chi connectivity index (χ0n) is 13.0. The molecule has 0 nitrogen and oxygen atoms in total. The van der Waals surface area contributed by atoms with Crippen LogP contribution in [0.15, 0.2) is 29.2 Å². The van der Waals surface area contributed by atoms with Gasteiger partial charge in [0, 0.05) is 9.64 Å². The van der Waals surface area contributed by atoms with Gasteiger partial charge >= 0.3 is 0 Å². The van der Waals surface area contributed by atoms with Crippen molar-refractivity contribution in [2.24, 2.45) is 5.41 Å². The smallest absolute Gasteiger partial charge is 0.0202 e. The second kappa shape index (κ2) is 5.69. The molecule has 0 radical (unpaired) electrons. The first kappa shape index (κ1) is 15.6. The highest BCUT2D eigenvalue weighted by atomic mass is 32.2. The molecule has 0 spiro atoms. The Morgan fingerprint density at radius 1 is 1.06 bits per heavy atom. The maximum Gasteiger partial charge on any atom is 0.0202 e. The first-order chi connectivity index (χ1) is 8.33. The molecule has 0 aliphatic carbocycles. The van der Waals surface area contributed by atoms with Crippen LogP contribution >= 0.6 is 11.8 Å². The lowest BCUT2D eigenvalue weighted by Crippen LogP contribution is -2.35. The van der Waals surface area contributed by atoms with Gasteiger partial charge in [-0.05, 0) is 43.2 Å². The van der Waals surface area contributed by atoms with Crippen molar-refractivity contribution in [1.82, 2.24) is 0 Å². The highest BCUT2D eigenvalue weighted by Crippen LogP contribution is 2.54. The lowest BCUT2D eigenvalue weighted by atomic mass is 9.73. The average molecular weight is 264 g/mol. The van der Waals surface area contributed by atoms with Gasteiger partial charge in [-0.3, -0.25) is 0 Å². The third-order valence-corrected chi connectivity index (χ3v) is 5.92. The fraction of sp³-hybridized carbons (Fsp3) is 0.647. The predicted molar refractivity (Wildman–Crippen MR) is 84.5 cm³/mol. The van der Waals surface area contributed by atoms with E-state index in [1.165, 1.54) is 16.9 Å². The Kier molecular flexibility index (Phi) is 4.94. The van der Waals surface area contributed by atoms with Crippen LogP contribution in [-0.4, -0.2) is 4.75 Å². The van der Waals surface area contributed by atoms with Gasteiger partial charge in [-0.1, -0.05) is 52.8 Å². The van der Waals surface area contributed by atoms with Crippen molar-refractivity contribution in [3.05, 3.63) is 29.8 Å². The van der Waals surface area contributed by atoms with Crippen molar-refractivity contribution in [3.63, 3.8) is 0 Å². The molecule has 1 heteroatoms. The van der Waals surface area contributed by atoms with Crippen molar-refractivity contribution in [2.45, 2.75) is 70.4 Å². The minimum absolute atomic E-state index is 0.299. The van der Waals surface area contributed by atoms with E-state index in [0.717, 1.165) is 0 Å². The van der Waals surface area contributed by atoms with Crippen molar-refractivity contribution >= 4 is 11.8 Å². The largest absolute Gasteiger partial charge is 0.119 e. The lowest BCUT2D eigenvalue weighted by Gasteiger charge is -2.40. The van der Waals surface area contributed by atoms with Crippen LogP contribution in [0.1, 0.15) is 66.4 Å². The van der Waals surface area contributed by atoms with Gasteiger partial charge < -0.3 is 0 Å². The highest BCUT2D eigenvalue weighted by Gasteiger charge is 2.41. The van der Waals surface area contributed by atoms with Crippen LogP contribution in [0.2, 0.25) is 0 Å². The van der Waals surface area contributed by atoms with Gasteiger partial charge in [0.25, 0.3) is 0 Å². The van der Waals surface area contributed by atoms with Crippen LogP contribution in [0.4, 0.5) is 0 Å². The average Bonchev–Trinajstić information content (AvgIpc) is 2.36. The summed E-state index contributed by atoms with van der Waals surface area (Å²) < 4.78 is 0.299. The Morgan fingerprint density at radius 3 is 2.22 bits per heavy atom. The molecule has 0 amide bonds. The molecule has 1 aliphatic heterocycles. The molecule has 0 fully saturated rings. The van der Waals surface area contributed by atoms with Crippen LogP contribution in [-0.2, 0) is 0 Å². The van der Waals surface area contributed by atoms with E-state index >= 15 is 0 Å². The van der Waals surface area contributed by atoms with E-state index in [0.29, 0.717) is 16.1 Å². The third-order valence-electron chi connectivity index (χ3n) is 4.26. The molecule has 18 heavy (non-hydrogen) atoms. The molecule has 0 saturated heterocycles. The van der Waals surface area contributed by atoms with Crippen LogP contribution in [0.25, 0.3) is 0 Å². The molecule has 1 aliphatic rings. The minimum atomic E-state index is 0.299. The quantitative estimate of drug-likeness (QED) is 0.544. The van der Waals surface area contributed by atoms with Gasteiger partial charge in [-0.25, -0.2) is 0 Å². The van der Waals surface area contributed by atoms with Crippen molar-refractivity contribution in [3.8, 4) is 0 Å². The first-order valence-electron chi connectivity index (χ1n) is 7.11. The van der Waals surface area contributed by atoms with Crippen LogP contribution < -0.4 is 0 Å². The van der Waals surface area contributed by atoms with Gasteiger partial charge in [-0.15, -0.1) is 11.8 Å². The molecule has 0 saturated carbocycles. The molecular weight excluding hydrogens is 236 g/mol. The topological polar surface area (TPSA) is 0 Å². The van der Waals surface area contributed by atoms with Gasteiger partial charge in [0.15, 0.2) is 0 Å². The lowest BCUT2D eigenvalue weighted by molar-refractivity contribution is 0.247. The number of rotatable bonds is 0. The molecule has 0 bridgehead atoms. The minimum Gasteiger partial charge on any atom is -0.119 e. The van der Waals surface area contributed by atoms with Gasteiger partial charge in [0.2, 0.25) is 0 Å². The molecule has 102 valence electrons. The highest BCUT2D eigenvalue weighted by molar-refractivity contribution is 8.00. The standard InChI is InChI=1S/C15H22S.C2H6/c1-11-10-14(2,3)15(4,5)16-13-9-7-6-8-12(11)13;1-2/h6-9,11H,10H2,1-5H3;1-2H3.